The lowest BCUT2D eigenvalue weighted by atomic mass is 9.83. The smallest absolute Gasteiger partial charge is 0.335 e. The van der Waals surface area contributed by atoms with Gasteiger partial charge in [-0.25, -0.2) is 4.79 Å². The Bertz CT molecular complexity index is 663. The van der Waals surface area contributed by atoms with E-state index in [2.05, 4.69) is 33.8 Å². The van der Waals surface area contributed by atoms with Crippen molar-refractivity contribution in [3.05, 3.63) is 34.4 Å². The van der Waals surface area contributed by atoms with Crippen molar-refractivity contribution in [3.63, 3.8) is 0 Å². The van der Waals surface area contributed by atoms with Gasteiger partial charge in [0.05, 0.1) is 5.56 Å². The van der Waals surface area contributed by atoms with Gasteiger partial charge in [0.1, 0.15) is 0 Å². The SMILES string of the molecule is CCCCCCCCCCC(CCCCCCCC)Cc1c(CCCCC)ccc(C(=O)O)c1C. The Morgan fingerprint density at radius 1 is 0.686 bits per heavy atom. The van der Waals surface area contributed by atoms with Crippen molar-refractivity contribution in [2.24, 2.45) is 5.92 Å². The van der Waals surface area contributed by atoms with Crippen LogP contribution in [0.4, 0.5) is 0 Å². The van der Waals surface area contributed by atoms with Crippen molar-refractivity contribution in [3.8, 4) is 0 Å². The third-order valence-electron chi connectivity index (χ3n) is 7.90. The molecular weight excluding hydrogens is 428 g/mol. The molecule has 0 heterocycles. The number of aryl methyl sites for hydroxylation is 1. The van der Waals surface area contributed by atoms with Crippen LogP contribution in [0.2, 0.25) is 0 Å². The lowest BCUT2D eigenvalue weighted by Gasteiger charge is -2.22. The van der Waals surface area contributed by atoms with E-state index in [1.54, 1.807) is 0 Å². The van der Waals surface area contributed by atoms with Gasteiger partial charge in [-0.2, -0.15) is 0 Å². The Balaban J connectivity index is 2.80. The number of carbonyl (C=O) groups is 1. The summed E-state index contributed by atoms with van der Waals surface area (Å²) >= 11 is 0. The van der Waals surface area contributed by atoms with Crippen LogP contribution in [-0.4, -0.2) is 11.1 Å². The van der Waals surface area contributed by atoms with E-state index in [0.717, 1.165) is 18.4 Å². The van der Waals surface area contributed by atoms with Gasteiger partial charge in [-0.3, -0.25) is 0 Å². The molecule has 35 heavy (non-hydrogen) atoms. The number of hydrogen-bond acceptors (Lipinski definition) is 1. The van der Waals surface area contributed by atoms with Crippen molar-refractivity contribution < 1.29 is 9.90 Å². The number of benzene rings is 1. The van der Waals surface area contributed by atoms with Gasteiger partial charge in [0.15, 0.2) is 0 Å². The van der Waals surface area contributed by atoms with Crippen LogP contribution in [0.15, 0.2) is 12.1 Å². The molecule has 1 atom stereocenters. The number of rotatable bonds is 23. The molecule has 0 fully saturated rings. The summed E-state index contributed by atoms with van der Waals surface area (Å²) in [4.78, 5) is 11.9. The Labute approximate surface area is 218 Å². The molecule has 0 spiro atoms. The Morgan fingerprint density at radius 3 is 1.63 bits per heavy atom. The number of unbranched alkanes of at least 4 members (excludes halogenated alkanes) is 14. The third kappa shape index (κ3) is 14.1. The zero-order chi connectivity index (χ0) is 25.7. The van der Waals surface area contributed by atoms with E-state index in [1.165, 1.54) is 133 Å². The molecule has 202 valence electrons. The van der Waals surface area contributed by atoms with E-state index < -0.39 is 5.97 Å². The van der Waals surface area contributed by atoms with Gasteiger partial charge in [0, 0.05) is 0 Å². The van der Waals surface area contributed by atoms with Gasteiger partial charge < -0.3 is 5.11 Å². The summed E-state index contributed by atoms with van der Waals surface area (Å²) in [6.45, 7) is 8.87. The van der Waals surface area contributed by atoms with E-state index in [0.29, 0.717) is 11.5 Å². The zero-order valence-electron chi connectivity index (χ0n) is 23.9. The average molecular weight is 487 g/mol. The first kappa shape index (κ1) is 31.7. The highest BCUT2D eigenvalue weighted by atomic mass is 16.4. The predicted octanol–water partition coefficient (Wildman–Crippen LogP) is 10.9. The van der Waals surface area contributed by atoms with Crippen LogP contribution in [0.5, 0.6) is 0 Å². The topological polar surface area (TPSA) is 37.3 Å². The van der Waals surface area contributed by atoms with Crippen molar-refractivity contribution in [1.29, 1.82) is 0 Å². The van der Waals surface area contributed by atoms with E-state index in [9.17, 15) is 9.90 Å². The number of carboxylic acids is 1. The van der Waals surface area contributed by atoms with Crippen molar-refractivity contribution >= 4 is 5.97 Å². The molecule has 1 rings (SSSR count). The van der Waals surface area contributed by atoms with Crippen LogP contribution in [0.25, 0.3) is 0 Å². The van der Waals surface area contributed by atoms with Gasteiger partial charge in [-0.1, -0.05) is 142 Å². The van der Waals surface area contributed by atoms with Crippen LogP contribution >= 0.6 is 0 Å². The van der Waals surface area contributed by atoms with Crippen LogP contribution in [0.1, 0.15) is 170 Å². The fourth-order valence-electron chi connectivity index (χ4n) is 5.55. The van der Waals surface area contributed by atoms with Gasteiger partial charge in [-0.05, 0) is 54.9 Å². The maximum atomic E-state index is 11.9. The summed E-state index contributed by atoms with van der Waals surface area (Å²) in [6, 6.07) is 3.98. The highest BCUT2D eigenvalue weighted by molar-refractivity contribution is 5.89. The van der Waals surface area contributed by atoms with Gasteiger partial charge in [0.2, 0.25) is 0 Å². The summed E-state index contributed by atoms with van der Waals surface area (Å²) < 4.78 is 0. The number of aromatic carboxylic acids is 1. The largest absolute Gasteiger partial charge is 0.478 e. The van der Waals surface area contributed by atoms with Gasteiger partial charge in [0.25, 0.3) is 0 Å². The molecule has 0 saturated carbocycles. The molecule has 0 aliphatic rings. The van der Waals surface area contributed by atoms with Gasteiger partial charge >= 0.3 is 5.97 Å². The molecule has 1 aromatic carbocycles. The monoisotopic (exact) mass is 486 g/mol. The van der Waals surface area contributed by atoms with E-state index in [-0.39, 0.29) is 0 Å². The maximum absolute atomic E-state index is 11.9. The summed E-state index contributed by atoms with van der Waals surface area (Å²) in [5.74, 6) is -0.0895. The highest BCUT2D eigenvalue weighted by Gasteiger charge is 2.18. The quantitative estimate of drug-likeness (QED) is 0.156. The first-order valence-corrected chi connectivity index (χ1v) is 15.4. The molecule has 0 radical (unpaired) electrons. The Morgan fingerprint density at radius 2 is 1.14 bits per heavy atom. The second-order valence-corrected chi connectivity index (χ2v) is 11.0. The standard InChI is InChI=1S/C33H58O2/c1-5-8-11-13-15-16-18-21-23-29(22-20-17-14-12-9-6-2)27-32-28(4)31(33(34)35)26-25-30(32)24-19-10-7-3/h25-26,29H,5-24,27H2,1-4H3,(H,34,35). The summed E-state index contributed by atoms with van der Waals surface area (Å²) in [5, 5.41) is 9.75. The van der Waals surface area contributed by atoms with Gasteiger partial charge in [-0.15, -0.1) is 0 Å². The molecule has 2 nitrogen and oxygen atoms in total. The van der Waals surface area contributed by atoms with Crippen molar-refractivity contribution in [2.45, 2.75) is 163 Å². The maximum Gasteiger partial charge on any atom is 0.335 e. The molecule has 1 N–H and O–H groups in total. The summed E-state index contributed by atoms with van der Waals surface area (Å²) in [5.41, 5.74) is 4.29. The fraction of sp³-hybridized carbons (Fsp3) is 0.788. The molecule has 0 saturated heterocycles. The minimum absolute atomic E-state index is 0.504. The first-order chi connectivity index (χ1) is 17.0. The fourth-order valence-corrected chi connectivity index (χ4v) is 5.55. The van der Waals surface area contributed by atoms with E-state index in [4.69, 9.17) is 0 Å². The minimum Gasteiger partial charge on any atom is -0.478 e. The molecular formula is C33H58O2. The molecule has 2 heteroatoms. The van der Waals surface area contributed by atoms with E-state index in [1.807, 2.05) is 6.07 Å². The minimum atomic E-state index is -0.778. The summed E-state index contributed by atoms with van der Waals surface area (Å²) in [6.07, 6.45) is 27.5. The predicted molar refractivity (Wildman–Crippen MR) is 154 cm³/mol. The lowest BCUT2D eigenvalue weighted by Crippen LogP contribution is -2.12. The number of hydrogen-bond donors (Lipinski definition) is 1. The van der Waals surface area contributed by atoms with Crippen LogP contribution < -0.4 is 0 Å². The highest BCUT2D eigenvalue weighted by Crippen LogP contribution is 2.29. The normalized spacial score (nSPS) is 12.2. The molecule has 0 aromatic heterocycles. The van der Waals surface area contributed by atoms with Crippen LogP contribution in [-0.2, 0) is 12.8 Å². The number of carboxylic acid groups (broad SMARTS) is 1. The summed E-state index contributed by atoms with van der Waals surface area (Å²) in [7, 11) is 0. The Kier molecular flexibility index (Phi) is 18.9. The van der Waals surface area contributed by atoms with Crippen molar-refractivity contribution in [2.75, 3.05) is 0 Å². The molecule has 1 unspecified atom stereocenters. The molecule has 0 bridgehead atoms. The third-order valence-corrected chi connectivity index (χ3v) is 7.90. The average Bonchev–Trinajstić information content (AvgIpc) is 2.84. The molecule has 0 aliphatic carbocycles. The lowest BCUT2D eigenvalue weighted by molar-refractivity contribution is 0.0696. The molecule has 0 amide bonds. The first-order valence-electron chi connectivity index (χ1n) is 15.4. The Hall–Kier alpha value is -1.31. The molecule has 1 aromatic rings. The van der Waals surface area contributed by atoms with Crippen LogP contribution in [0.3, 0.4) is 0 Å². The second-order valence-electron chi connectivity index (χ2n) is 11.0. The van der Waals surface area contributed by atoms with Crippen molar-refractivity contribution in [1.82, 2.24) is 0 Å². The molecule has 0 aliphatic heterocycles. The van der Waals surface area contributed by atoms with Crippen LogP contribution in [0, 0.1) is 12.8 Å². The van der Waals surface area contributed by atoms with E-state index >= 15 is 0 Å². The second kappa shape index (κ2) is 20.8. The zero-order valence-corrected chi connectivity index (χ0v) is 23.9.